The largest absolute Gasteiger partial charge is 0.458 e. The molecule has 0 bridgehead atoms. The van der Waals surface area contributed by atoms with Crippen molar-refractivity contribution in [2.45, 2.75) is 249 Å². The van der Waals surface area contributed by atoms with Crippen LogP contribution in [-0.4, -0.2) is 106 Å². The fraction of sp³-hybridized carbons (Fsp3) is 0.784. The maximum Gasteiger partial charge on any atom is 0.338 e. The molecule has 2 aliphatic rings. The summed E-state index contributed by atoms with van der Waals surface area (Å²) < 4.78 is 50.8. The van der Waals surface area contributed by atoms with E-state index in [1.54, 1.807) is 12.1 Å². The van der Waals surface area contributed by atoms with E-state index in [4.69, 9.17) is 31.9 Å². The minimum Gasteiger partial charge on any atom is -0.458 e. The highest BCUT2D eigenvalue weighted by Gasteiger charge is 2.58. The van der Waals surface area contributed by atoms with Gasteiger partial charge in [-0.15, -0.1) is 0 Å². The molecule has 0 spiro atoms. The number of carbonyl (C=O) groups excluding carboxylic acids is 1. The van der Waals surface area contributed by atoms with Gasteiger partial charge in [-0.25, -0.2) is 4.79 Å². The number of ether oxygens (including phenoxy) is 3. The molecule has 0 aliphatic carbocycles. The maximum atomic E-state index is 13.1. The van der Waals surface area contributed by atoms with Crippen LogP contribution in [0.5, 0.6) is 0 Å². The Morgan fingerprint density at radius 2 is 1.34 bits per heavy atom. The fourth-order valence-electron chi connectivity index (χ4n) is 7.89. The number of hydrogen-bond donors (Lipinski definition) is 1. The van der Waals surface area contributed by atoms with E-state index in [-0.39, 0.29) is 33.4 Å². The van der Waals surface area contributed by atoms with Gasteiger partial charge in [-0.3, -0.25) is 0 Å². The second kappa shape index (κ2) is 23.9. The molecule has 1 N–H and O–H groups in total. The molecule has 374 valence electrons. The minimum atomic E-state index is -2.47. The summed E-state index contributed by atoms with van der Waals surface area (Å²) in [5.41, 5.74) is 0.486. The molecule has 0 saturated carbocycles. The van der Waals surface area contributed by atoms with Crippen LogP contribution in [0, 0.1) is 0 Å². The molecule has 0 amide bonds. The predicted octanol–water partition coefficient (Wildman–Crippen LogP) is 14.1. The van der Waals surface area contributed by atoms with Crippen LogP contribution in [0.3, 0.4) is 0 Å². The Labute approximate surface area is 409 Å². The average Bonchev–Trinajstić information content (AvgIpc) is 3.19. The zero-order chi connectivity index (χ0) is 49.4. The molecule has 9 nitrogen and oxygen atoms in total. The molecule has 2 saturated heterocycles. The van der Waals surface area contributed by atoms with Crippen molar-refractivity contribution in [3.05, 3.63) is 59.1 Å². The predicted molar refractivity (Wildman–Crippen MR) is 283 cm³/mol. The Morgan fingerprint density at radius 3 is 1.85 bits per heavy atom. The molecule has 1 aromatic carbocycles. The number of esters is 1. The minimum absolute atomic E-state index is 0.0273. The molecule has 2 aliphatic heterocycles. The van der Waals surface area contributed by atoms with Crippen LogP contribution in [0.25, 0.3) is 0 Å². The smallest absolute Gasteiger partial charge is 0.338 e. The van der Waals surface area contributed by atoms with E-state index in [1.807, 2.05) is 30.4 Å². The van der Waals surface area contributed by atoms with Gasteiger partial charge in [0.1, 0.15) is 30.5 Å². The van der Waals surface area contributed by atoms with Gasteiger partial charge < -0.3 is 37.0 Å². The van der Waals surface area contributed by atoms with Gasteiger partial charge >= 0.3 is 5.97 Å². The van der Waals surface area contributed by atoms with Gasteiger partial charge in [0.25, 0.3) is 0 Å². The fourth-order valence-corrected chi connectivity index (χ4v) is 14.8. The van der Waals surface area contributed by atoms with E-state index < -0.39 is 75.9 Å². The number of aliphatic hydroxyl groups excluding tert-OH is 1. The molecule has 2 heterocycles. The normalized spacial score (nSPS) is 24.4. The molecular formula is C51H93BrO9Si4. The van der Waals surface area contributed by atoms with Crippen LogP contribution in [-0.2, 0) is 31.9 Å². The topological polar surface area (TPSA) is 102 Å². The van der Waals surface area contributed by atoms with E-state index >= 15 is 0 Å². The second-order valence-electron chi connectivity index (χ2n) is 23.5. The summed E-state index contributed by atoms with van der Waals surface area (Å²) in [6.45, 7) is 45.8. The van der Waals surface area contributed by atoms with Crippen LogP contribution in [0.1, 0.15) is 132 Å². The van der Waals surface area contributed by atoms with Crippen molar-refractivity contribution >= 4 is 55.2 Å². The Morgan fingerprint density at radius 1 is 0.800 bits per heavy atom. The summed E-state index contributed by atoms with van der Waals surface area (Å²) in [5.74, 6) is -0.397. The number of hydrogen-bond acceptors (Lipinski definition) is 9. The highest BCUT2D eigenvalue weighted by atomic mass is 79.9. The van der Waals surface area contributed by atoms with Crippen molar-refractivity contribution < 1.29 is 41.8 Å². The summed E-state index contributed by atoms with van der Waals surface area (Å²) in [4.78, 5) is 13.1. The molecule has 2 fully saturated rings. The number of carbonyl (C=O) groups is 1. The zero-order valence-electron chi connectivity index (χ0n) is 44.1. The molecule has 14 heteroatoms. The van der Waals surface area contributed by atoms with Crippen LogP contribution >= 0.6 is 15.9 Å². The van der Waals surface area contributed by atoms with Crippen LogP contribution in [0.15, 0.2) is 53.5 Å². The number of halogens is 1. The van der Waals surface area contributed by atoms with Crippen LogP contribution < -0.4 is 0 Å². The third-order valence-electron chi connectivity index (χ3n) is 15.6. The van der Waals surface area contributed by atoms with E-state index in [1.165, 1.54) is 0 Å². The van der Waals surface area contributed by atoms with Crippen molar-refractivity contribution in [3.63, 3.8) is 0 Å². The lowest BCUT2D eigenvalue weighted by atomic mass is 9.87. The van der Waals surface area contributed by atoms with Gasteiger partial charge in [-0.05, 0) is 121 Å². The number of rotatable bonds is 23. The first-order valence-electron chi connectivity index (χ1n) is 24.8. The summed E-state index contributed by atoms with van der Waals surface area (Å²) in [6.07, 6.45) is 3.79. The molecule has 1 aromatic rings. The Hall–Kier alpha value is -0.762. The second-order valence-corrected chi connectivity index (χ2v) is 43.7. The Kier molecular flexibility index (Phi) is 21.5. The first kappa shape index (κ1) is 58.6. The van der Waals surface area contributed by atoms with Gasteiger partial charge in [-0.1, -0.05) is 136 Å². The highest BCUT2D eigenvalue weighted by Crippen LogP contribution is 2.47. The van der Waals surface area contributed by atoms with Crippen molar-refractivity contribution in [2.75, 3.05) is 6.61 Å². The lowest BCUT2D eigenvalue weighted by molar-refractivity contribution is -0.267. The van der Waals surface area contributed by atoms with E-state index in [2.05, 4.69) is 145 Å². The summed E-state index contributed by atoms with van der Waals surface area (Å²) in [7, 11) is -9.09. The average molecular weight is 1040 g/mol. The van der Waals surface area contributed by atoms with Gasteiger partial charge in [0.2, 0.25) is 0 Å². The highest BCUT2D eigenvalue weighted by molar-refractivity contribution is 9.11. The monoisotopic (exact) mass is 1040 g/mol. The summed E-state index contributed by atoms with van der Waals surface area (Å²) in [5, 5.41) is 11.4. The van der Waals surface area contributed by atoms with E-state index in [9.17, 15) is 9.90 Å². The molecule has 2 unspecified atom stereocenters. The summed E-state index contributed by atoms with van der Waals surface area (Å²) >= 11 is 3.47. The van der Waals surface area contributed by atoms with Gasteiger partial charge in [0, 0.05) is 13.0 Å². The molecule has 0 radical (unpaired) electrons. The van der Waals surface area contributed by atoms with Crippen molar-refractivity contribution in [2.24, 2.45) is 0 Å². The summed E-state index contributed by atoms with van der Waals surface area (Å²) in [6, 6.07) is 12.4. The van der Waals surface area contributed by atoms with Crippen molar-refractivity contribution in [1.29, 1.82) is 0 Å². The zero-order valence-corrected chi connectivity index (χ0v) is 49.7. The molecule has 3 rings (SSSR count). The first-order chi connectivity index (χ1) is 29.8. The number of benzene rings is 1. The molecule has 65 heavy (non-hydrogen) atoms. The first-order valence-corrected chi connectivity index (χ1v) is 36.8. The molecular weight excluding hydrogens is 949 g/mol. The van der Waals surface area contributed by atoms with Gasteiger partial charge in [0.15, 0.2) is 33.3 Å². The lowest BCUT2D eigenvalue weighted by Crippen LogP contribution is -2.69. The number of fused-ring (bicyclic) bond motifs is 1. The van der Waals surface area contributed by atoms with Crippen molar-refractivity contribution in [3.8, 4) is 0 Å². The quantitative estimate of drug-likeness (QED) is 0.0652. The van der Waals surface area contributed by atoms with Crippen molar-refractivity contribution in [1.82, 2.24) is 0 Å². The van der Waals surface area contributed by atoms with Gasteiger partial charge in [-0.2, -0.15) is 0 Å². The number of aliphatic hydroxyl groups is 1. The maximum absolute atomic E-state index is 13.1. The third kappa shape index (κ3) is 16.4. The Balaban J connectivity index is 2.11. The van der Waals surface area contributed by atoms with E-state index in [0.717, 1.165) is 41.9 Å². The van der Waals surface area contributed by atoms with E-state index in [0.29, 0.717) is 31.4 Å². The van der Waals surface area contributed by atoms with Gasteiger partial charge in [0.05, 0.1) is 30.0 Å². The standard InChI is InChI=1S/C51H93BrO9Si4/c1-20-65(21-2,22-3)55-35-34-40-31-33-42-44(56-40)46(60-63(16,17)50(8,9)10)47(61-64(18,19)51(11,12)13)45(58-42)43(59-62(14,15)49(5,6)7)32-29-39(53)28-30-41(36-37(4)52)57-48(54)38-26-24-23-25-27-38/h23-27,29,32,39-47,53H,4,20-22,28,30-31,33-36H2,1-3,5-19H3/b32-29+/t39?,40?,41-,42+,43+,44+,45+,46+,47-/m1/s1. The SMILES string of the molecule is C=C(Br)C[C@@H](CCC(O)/C=C/[C@H](O[Si](C)(C)C(C)(C)C)[C@@H]1O[C@H]2CCC(CCO[Si](CC)(CC)CC)O[C@@H]2[C@H](O[Si](C)(C)C(C)(C)C)[C@@H]1O[Si](C)(C)C(C)(C)C)OC(=O)c1ccccc1. The molecule has 0 aromatic heterocycles. The Bertz CT molecular complexity index is 1660. The van der Waals surface area contributed by atoms with Crippen LogP contribution in [0.4, 0.5) is 0 Å². The lowest BCUT2D eigenvalue weighted by Gasteiger charge is -2.56. The van der Waals surface area contributed by atoms with Crippen LogP contribution in [0.2, 0.25) is 72.5 Å². The third-order valence-corrected chi connectivity index (χ3v) is 34.1. The molecule has 9 atom stereocenters.